The molecule has 1 saturated carbocycles. The molecule has 6 aromatic rings. The minimum Gasteiger partial charge on any atom is -0.160 e. The van der Waals surface area contributed by atoms with Gasteiger partial charge in [-0.3, -0.25) is 0 Å². The zero-order valence-corrected chi connectivity index (χ0v) is 27.5. The van der Waals surface area contributed by atoms with E-state index in [9.17, 15) is 0 Å². The Hall–Kier alpha value is -2.79. The third-order valence-corrected chi connectivity index (χ3v) is 11.0. The van der Waals surface area contributed by atoms with Crippen molar-refractivity contribution >= 4 is 92.4 Å². The van der Waals surface area contributed by atoms with Gasteiger partial charge >= 0.3 is 0 Å². The molecule has 0 amide bonds. The average molecular weight is 613 g/mol. The van der Waals surface area contributed by atoms with E-state index in [1.165, 1.54) is 96.8 Å². The number of aryl methyl sites for hydroxylation is 1. The van der Waals surface area contributed by atoms with Gasteiger partial charge in [-0.05, 0) is 93.1 Å². The molecule has 0 bridgehead atoms. The fourth-order valence-electron chi connectivity index (χ4n) is 7.36. The molecule has 0 aromatic heterocycles. The Labute approximate surface area is 271 Å². The highest BCUT2D eigenvalue weighted by atomic mass is 32.2. The van der Waals surface area contributed by atoms with E-state index >= 15 is 0 Å². The highest BCUT2D eigenvalue weighted by molar-refractivity contribution is 7.98. The van der Waals surface area contributed by atoms with Crippen LogP contribution in [0.5, 0.6) is 0 Å². The van der Waals surface area contributed by atoms with Gasteiger partial charge < -0.3 is 0 Å². The Balaban J connectivity index is 1.49. The van der Waals surface area contributed by atoms with E-state index in [-0.39, 0.29) is 11.3 Å². The molecule has 0 nitrogen and oxygen atoms in total. The van der Waals surface area contributed by atoms with E-state index in [4.69, 9.17) is 0 Å². The van der Waals surface area contributed by atoms with Crippen LogP contribution < -0.4 is 16.4 Å². The molecule has 1 aliphatic rings. The van der Waals surface area contributed by atoms with Crippen LogP contribution in [-0.2, 0) is 0 Å². The molecule has 7 rings (SSSR count). The molecule has 4 heteroatoms. The molecular formula is C39H37BS3. The zero-order valence-electron chi connectivity index (χ0n) is 24.9. The van der Waals surface area contributed by atoms with E-state index in [0.717, 1.165) is 5.56 Å². The first kappa shape index (κ1) is 29.0. The normalized spacial score (nSPS) is 14.3. The number of thiol groups is 2. The van der Waals surface area contributed by atoms with Crippen molar-refractivity contribution in [2.75, 3.05) is 6.26 Å². The first-order valence-corrected chi connectivity index (χ1v) is 17.8. The van der Waals surface area contributed by atoms with Crippen LogP contribution in [0.3, 0.4) is 0 Å². The average Bonchev–Trinajstić information content (AvgIpc) is 3.06. The van der Waals surface area contributed by atoms with Crippen LogP contribution in [-0.4, -0.2) is 13.0 Å². The molecule has 0 aliphatic heterocycles. The maximum absolute atomic E-state index is 4.58. The highest BCUT2D eigenvalue weighted by Gasteiger charge is 2.26. The molecule has 214 valence electrons. The van der Waals surface area contributed by atoms with Crippen molar-refractivity contribution in [3.63, 3.8) is 0 Å². The Bertz CT molecular complexity index is 1920. The summed E-state index contributed by atoms with van der Waals surface area (Å²) in [5.74, 6) is 0.699. The summed E-state index contributed by atoms with van der Waals surface area (Å²) < 4.78 is -0.0935. The van der Waals surface area contributed by atoms with Gasteiger partial charge in [0.1, 0.15) is 0 Å². The van der Waals surface area contributed by atoms with Crippen LogP contribution >= 0.6 is 37.0 Å². The first-order chi connectivity index (χ1) is 21.0. The number of hydrogen-bond acceptors (Lipinski definition) is 3. The van der Waals surface area contributed by atoms with E-state index in [0.29, 0.717) is 5.92 Å². The molecule has 0 saturated heterocycles. The second kappa shape index (κ2) is 12.3. The van der Waals surface area contributed by atoms with E-state index in [1.807, 2.05) is 11.8 Å². The van der Waals surface area contributed by atoms with Crippen molar-refractivity contribution in [3.8, 4) is 0 Å². The van der Waals surface area contributed by atoms with Gasteiger partial charge in [0, 0.05) is 4.90 Å². The fourth-order valence-corrected chi connectivity index (χ4v) is 8.15. The summed E-state index contributed by atoms with van der Waals surface area (Å²) >= 11 is 11.0. The van der Waals surface area contributed by atoms with Crippen molar-refractivity contribution < 1.29 is 0 Å². The molecule has 1 aliphatic carbocycles. The summed E-state index contributed by atoms with van der Waals surface area (Å²) in [6.45, 7) is 2.35. The third kappa shape index (κ3) is 5.52. The number of fused-ring (bicyclic) bond motifs is 5. The van der Waals surface area contributed by atoms with Crippen molar-refractivity contribution in [2.24, 2.45) is 0 Å². The molecule has 43 heavy (non-hydrogen) atoms. The Morgan fingerprint density at radius 3 is 1.95 bits per heavy atom. The molecule has 0 unspecified atom stereocenters. The van der Waals surface area contributed by atoms with Crippen LogP contribution in [0.2, 0.25) is 0 Å². The molecular weight excluding hydrogens is 575 g/mol. The topological polar surface area (TPSA) is 0 Å². The molecule has 6 aromatic carbocycles. The van der Waals surface area contributed by atoms with Crippen molar-refractivity contribution in [3.05, 3.63) is 120 Å². The highest BCUT2D eigenvalue weighted by Crippen LogP contribution is 2.35. The van der Waals surface area contributed by atoms with Crippen LogP contribution in [0, 0.1) is 6.92 Å². The molecule has 0 N–H and O–H groups in total. The van der Waals surface area contributed by atoms with Gasteiger partial charge in [0.25, 0.3) is 0 Å². The third-order valence-electron chi connectivity index (χ3n) is 9.65. The fraction of sp³-hybridized carbons (Fsp3) is 0.231. The lowest BCUT2D eigenvalue weighted by Gasteiger charge is -2.24. The predicted molar refractivity (Wildman–Crippen MR) is 200 cm³/mol. The minimum absolute atomic E-state index is 0.0935. The number of rotatable bonds is 6. The summed E-state index contributed by atoms with van der Waals surface area (Å²) in [4.78, 5) is 1.30. The van der Waals surface area contributed by atoms with Gasteiger partial charge in [-0.25, -0.2) is 0 Å². The van der Waals surface area contributed by atoms with Gasteiger partial charge in [-0.1, -0.05) is 127 Å². The summed E-state index contributed by atoms with van der Waals surface area (Å²) in [5, 5.41) is 7.97. The number of hydrogen-bond donors (Lipinski definition) is 2. The molecule has 0 heterocycles. The molecule has 0 spiro atoms. The maximum Gasteiger partial charge on any atom is 0.242 e. The van der Waals surface area contributed by atoms with E-state index < -0.39 is 0 Å². The van der Waals surface area contributed by atoms with Crippen LogP contribution in [0.25, 0.3) is 32.3 Å². The van der Waals surface area contributed by atoms with E-state index in [1.54, 1.807) is 0 Å². The lowest BCUT2D eigenvalue weighted by atomic mass is 9.36. The van der Waals surface area contributed by atoms with Gasteiger partial charge in [-0.15, -0.1) is 11.8 Å². The Kier molecular flexibility index (Phi) is 8.29. The summed E-state index contributed by atoms with van der Waals surface area (Å²) in [6.07, 6.45) is 8.89. The van der Waals surface area contributed by atoms with Gasteiger partial charge in [0.2, 0.25) is 6.71 Å². The Morgan fingerprint density at radius 1 is 0.651 bits per heavy atom. The van der Waals surface area contributed by atoms with Crippen molar-refractivity contribution in [1.82, 2.24) is 0 Å². The van der Waals surface area contributed by atoms with Gasteiger partial charge in [0.15, 0.2) is 0 Å². The Morgan fingerprint density at radius 2 is 1.28 bits per heavy atom. The summed E-state index contributed by atoms with van der Waals surface area (Å²) in [5.41, 5.74) is 7.94. The second-order valence-electron chi connectivity index (χ2n) is 12.2. The first-order valence-electron chi connectivity index (χ1n) is 15.5. The standard InChI is InChI=1S/C39H37BS3/c1-25-22-35-33-10-6-7-11-34(33)38(24-37(35)36-23-31(43-2)20-21-32(25)36)40(30-18-14-28(15-19-30)39(41)42)29-16-12-27(13-17-29)26-8-4-3-5-9-26/h6-7,10-24,26,39,41-42H,3-5,8-9H2,1-2H3. The van der Waals surface area contributed by atoms with Crippen molar-refractivity contribution in [2.45, 2.75) is 54.4 Å². The largest absolute Gasteiger partial charge is 0.242 e. The molecule has 1 fully saturated rings. The summed E-state index contributed by atoms with van der Waals surface area (Å²) in [7, 11) is 0. The summed E-state index contributed by atoms with van der Waals surface area (Å²) in [6, 6.07) is 39.4. The van der Waals surface area contributed by atoms with Gasteiger partial charge in [-0.2, -0.15) is 25.3 Å². The quantitative estimate of drug-likeness (QED) is 0.0621. The molecule has 0 atom stereocenters. The smallest absolute Gasteiger partial charge is 0.160 e. The SMILES string of the molecule is CSc1ccc2c(C)cc3c4ccccc4c(B(c4ccc(C(S)S)cc4)c4ccc(C5CCCCC5)cc4)cc3c2c1. The van der Waals surface area contributed by atoms with Crippen LogP contribution in [0.4, 0.5) is 0 Å². The lowest BCUT2D eigenvalue weighted by Crippen LogP contribution is -2.52. The van der Waals surface area contributed by atoms with E-state index in [2.05, 4.69) is 142 Å². The van der Waals surface area contributed by atoms with Crippen LogP contribution in [0.15, 0.2) is 108 Å². The minimum atomic E-state index is -0.0935. The number of benzene rings is 6. The lowest BCUT2D eigenvalue weighted by molar-refractivity contribution is 0.443. The van der Waals surface area contributed by atoms with Crippen molar-refractivity contribution in [1.29, 1.82) is 0 Å². The number of thioether (sulfide) groups is 1. The maximum atomic E-state index is 4.58. The zero-order chi connectivity index (χ0) is 29.5. The molecule has 0 radical (unpaired) electrons. The monoisotopic (exact) mass is 612 g/mol. The van der Waals surface area contributed by atoms with Gasteiger partial charge in [0.05, 0.1) is 4.58 Å². The van der Waals surface area contributed by atoms with Crippen LogP contribution in [0.1, 0.15) is 59.3 Å². The predicted octanol–water partition coefficient (Wildman–Crippen LogP) is 9.60. The second-order valence-corrected chi connectivity index (χ2v) is 14.5.